The lowest BCUT2D eigenvalue weighted by molar-refractivity contribution is -0.173. The molecule has 8 nitrogen and oxygen atoms in total. The second-order valence-corrected chi connectivity index (χ2v) is 8.13. The smallest absolute Gasteiger partial charge is 0.382 e. The van der Waals surface area contributed by atoms with Gasteiger partial charge in [0.2, 0.25) is 0 Å². The Balaban J connectivity index is 1.66. The highest BCUT2D eigenvalue weighted by molar-refractivity contribution is 7.80. The highest BCUT2D eigenvalue weighted by Gasteiger charge is 2.46. The number of aromatic nitrogens is 2. The molecule has 0 saturated carbocycles. The van der Waals surface area contributed by atoms with Crippen LogP contribution in [0.4, 0.5) is 19.0 Å². The van der Waals surface area contributed by atoms with E-state index in [2.05, 4.69) is 26.6 Å². The third kappa shape index (κ3) is 6.71. The van der Waals surface area contributed by atoms with E-state index in [0.29, 0.717) is 30.3 Å². The number of hydrogen-bond donors (Lipinski definition) is 4. The van der Waals surface area contributed by atoms with Crippen molar-refractivity contribution in [3.05, 3.63) is 46.6 Å². The summed E-state index contributed by atoms with van der Waals surface area (Å²) < 4.78 is 47.3. The molecule has 180 valence electrons. The average molecular weight is 505 g/mol. The van der Waals surface area contributed by atoms with E-state index in [1.807, 2.05) is 6.92 Å². The summed E-state index contributed by atoms with van der Waals surface area (Å²) in [6.45, 7) is 3.62. The number of anilines is 1. The van der Waals surface area contributed by atoms with Gasteiger partial charge in [-0.15, -0.1) is 0 Å². The number of benzene rings is 1. The number of alkyl halides is 3. The summed E-state index contributed by atoms with van der Waals surface area (Å²) >= 11 is 10.9. The van der Waals surface area contributed by atoms with E-state index in [1.165, 1.54) is 6.07 Å². The van der Waals surface area contributed by atoms with Crippen molar-refractivity contribution < 1.29 is 22.7 Å². The Hall–Kier alpha value is -2.57. The molecular weight excluding hydrogens is 481 g/mol. The predicted octanol–water partition coefficient (Wildman–Crippen LogP) is 3.73. The molecule has 3 rings (SSSR count). The molecule has 1 aliphatic heterocycles. The van der Waals surface area contributed by atoms with Gasteiger partial charge in [0.15, 0.2) is 16.8 Å². The summed E-state index contributed by atoms with van der Waals surface area (Å²) in [6.07, 6.45) is -4.11. The number of fused-ring (bicyclic) bond motifs is 1. The van der Waals surface area contributed by atoms with Gasteiger partial charge in [-0.2, -0.15) is 18.3 Å². The largest absolute Gasteiger partial charge is 0.410 e. The first-order valence-corrected chi connectivity index (χ1v) is 11.1. The molecule has 2 aromatic rings. The average Bonchev–Trinajstić information content (AvgIpc) is 3.20. The SMILES string of the molecule is CCOCCCNC(=S)NNC(=O)c1cc2n(n1)[C@H](C(F)(F)F)C[C@@H](c1ccc(Cl)cc1)N2. The predicted molar refractivity (Wildman–Crippen MR) is 122 cm³/mol. The first kappa shape index (κ1) is 25.1. The standard InChI is InChI=1S/C20H24ClF3N6O2S/c1-2-32-9-3-8-25-19(33)28-27-18(31)15-11-17-26-14(12-4-6-13(21)7-5-12)10-16(20(22,23)24)30(17)29-15/h4-7,11,14,16,26H,2-3,8-10H2,1H3,(H,27,31)(H2,25,28,33)/t14-,16-/m0/s1. The molecule has 2 heterocycles. The molecule has 0 bridgehead atoms. The third-order valence-electron chi connectivity index (χ3n) is 4.94. The van der Waals surface area contributed by atoms with Crippen molar-refractivity contribution in [2.75, 3.05) is 25.1 Å². The number of nitrogens with zero attached hydrogens (tertiary/aromatic N) is 2. The quantitative estimate of drug-likeness (QED) is 0.259. The fraction of sp³-hybridized carbons (Fsp3) is 0.450. The maximum absolute atomic E-state index is 13.8. The van der Waals surface area contributed by atoms with Crippen molar-refractivity contribution in [3.8, 4) is 0 Å². The van der Waals surface area contributed by atoms with Crippen LogP contribution in [0.1, 0.15) is 47.9 Å². The van der Waals surface area contributed by atoms with E-state index >= 15 is 0 Å². The molecule has 33 heavy (non-hydrogen) atoms. The number of hydrogen-bond acceptors (Lipinski definition) is 5. The topological polar surface area (TPSA) is 92.2 Å². The summed E-state index contributed by atoms with van der Waals surface area (Å²) in [4.78, 5) is 12.4. The zero-order valence-corrected chi connectivity index (χ0v) is 19.3. The van der Waals surface area contributed by atoms with Crippen molar-refractivity contribution in [1.82, 2.24) is 25.9 Å². The summed E-state index contributed by atoms with van der Waals surface area (Å²) in [6, 6.07) is 5.32. The van der Waals surface area contributed by atoms with Crippen LogP contribution >= 0.6 is 23.8 Å². The minimum atomic E-state index is -4.55. The van der Waals surface area contributed by atoms with Crippen molar-refractivity contribution in [3.63, 3.8) is 0 Å². The van der Waals surface area contributed by atoms with Gasteiger partial charge in [0.25, 0.3) is 5.91 Å². The Morgan fingerprint density at radius 3 is 2.73 bits per heavy atom. The van der Waals surface area contributed by atoms with Gasteiger partial charge < -0.3 is 15.4 Å². The summed E-state index contributed by atoms with van der Waals surface area (Å²) in [5, 5.41) is 10.5. The summed E-state index contributed by atoms with van der Waals surface area (Å²) in [5.41, 5.74) is 5.31. The fourth-order valence-corrected chi connectivity index (χ4v) is 3.62. The number of ether oxygens (including phenoxy) is 1. The van der Waals surface area contributed by atoms with Crippen molar-refractivity contribution >= 4 is 40.7 Å². The maximum Gasteiger partial charge on any atom is 0.410 e. The van der Waals surface area contributed by atoms with Gasteiger partial charge in [0.1, 0.15) is 5.82 Å². The minimum absolute atomic E-state index is 0.0882. The third-order valence-corrected chi connectivity index (χ3v) is 5.44. The molecule has 0 saturated heterocycles. The van der Waals surface area contributed by atoms with E-state index < -0.39 is 24.2 Å². The molecule has 1 aromatic heterocycles. The van der Waals surface area contributed by atoms with E-state index in [0.717, 1.165) is 11.1 Å². The lowest BCUT2D eigenvalue weighted by Gasteiger charge is -2.33. The number of carbonyl (C=O) groups is 1. The molecular formula is C20H24ClF3N6O2S. The molecule has 0 fully saturated rings. The number of thiocarbonyl (C=S) groups is 1. The zero-order valence-electron chi connectivity index (χ0n) is 17.7. The molecule has 0 aliphatic carbocycles. The number of carbonyl (C=O) groups excluding carboxylic acids is 1. The Morgan fingerprint density at radius 2 is 2.06 bits per heavy atom. The van der Waals surface area contributed by atoms with Gasteiger partial charge in [-0.25, -0.2) is 4.68 Å². The number of amides is 1. The van der Waals surface area contributed by atoms with Gasteiger partial charge >= 0.3 is 6.18 Å². The summed E-state index contributed by atoms with van der Waals surface area (Å²) in [7, 11) is 0. The van der Waals surface area contributed by atoms with Gasteiger partial charge in [0, 0.05) is 37.3 Å². The lowest BCUT2D eigenvalue weighted by atomic mass is 9.97. The lowest BCUT2D eigenvalue weighted by Crippen LogP contribution is -2.47. The van der Waals surface area contributed by atoms with Crippen LogP contribution in [0.2, 0.25) is 5.02 Å². The molecule has 0 radical (unpaired) electrons. The molecule has 0 spiro atoms. The van der Waals surface area contributed by atoms with E-state index in [1.54, 1.807) is 24.3 Å². The Morgan fingerprint density at radius 1 is 1.33 bits per heavy atom. The van der Waals surface area contributed by atoms with Crippen molar-refractivity contribution in [2.24, 2.45) is 0 Å². The molecule has 4 N–H and O–H groups in total. The second kappa shape index (κ2) is 11.0. The van der Waals surface area contributed by atoms with Crippen molar-refractivity contribution in [2.45, 2.75) is 38.0 Å². The number of nitrogens with one attached hydrogen (secondary N) is 4. The first-order chi connectivity index (χ1) is 15.7. The Kier molecular flexibility index (Phi) is 8.38. The van der Waals surface area contributed by atoms with Crippen LogP contribution < -0.4 is 21.5 Å². The second-order valence-electron chi connectivity index (χ2n) is 7.29. The van der Waals surface area contributed by atoms with E-state index in [4.69, 9.17) is 28.6 Å². The maximum atomic E-state index is 13.8. The van der Waals surface area contributed by atoms with Gasteiger partial charge in [-0.3, -0.25) is 15.6 Å². The van der Waals surface area contributed by atoms with Crippen LogP contribution in [-0.4, -0.2) is 46.7 Å². The highest BCUT2D eigenvalue weighted by Crippen LogP contribution is 2.43. The number of rotatable bonds is 7. The number of hydrazine groups is 1. The molecule has 0 unspecified atom stereocenters. The van der Waals surface area contributed by atoms with Gasteiger partial charge in [-0.1, -0.05) is 23.7 Å². The van der Waals surface area contributed by atoms with Gasteiger partial charge in [-0.05, 0) is 43.3 Å². The van der Waals surface area contributed by atoms with Crippen LogP contribution in [0.3, 0.4) is 0 Å². The molecule has 1 amide bonds. The molecule has 2 atom stereocenters. The van der Waals surface area contributed by atoms with Crippen LogP contribution in [-0.2, 0) is 4.74 Å². The van der Waals surface area contributed by atoms with Crippen LogP contribution in [0.25, 0.3) is 0 Å². The van der Waals surface area contributed by atoms with E-state index in [-0.39, 0.29) is 23.0 Å². The minimum Gasteiger partial charge on any atom is -0.382 e. The van der Waals surface area contributed by atoms with Crippen LogP contribution in [0, 0.1) is 0 Å². The summed E-state index contributed by atoms with van der Waals surface area (Å²) in [5.74, 6) is -0.633. The normalized spacial score (nSPS) is 17.6. The molecule has 13 heteroatoms. The van der Waals surface area contributed by atoms with Crippen molar-refractivity contribution in [1.29, 1.82) is 0 Å². The zero-order chi connectivity index (χ0) is 24.0. The Labute approximate surface area is 199 Å². The van der Waals surface area contributed by atoms with Crippen LogP contribution in [0.5, 0.6) is 0 Å². The fourth-order valence-electron chi connectivity index (χ4n) is 3.34. The highest BCUT2D eigenvalue weighted by atomic mass is 35.5. The monoisotopic (exact) mass is 504 g/mol. The Bertz CT molecular complexity index is 970. The van der Waals surface area contributed by atoms with Gasteiger partial charge in [0.05, 0.1) is 6.04 Å². The molecule has 1 aromatic carbocycles. The number of halogens is 4. The van der Waals surface area contributed by atoms with Crippen LogP contribution in [0.15, 0.2) is 30.3 Å². The van der Waals surface area contributed by atoms with E-state index in [9.17, 15) is 18.0 Å². The molecule has 1 aliphatic rings. The first-order valence-electron chi connectivity index (χ1n) is 10.3.